The van der Waals surface area contributed by atoms with Gasteiger partial charge < -0.3 is 8.83 Å². The average Bonchev–Trinajstić information content (AvgIpc) is 3.46. The van der Waals surface area contributed by atoms with Gasteiger partial charge >= 0.3 is 0 Å². The molecule has 0 N–H and O–H groups in total. The van der Waals surface area contributed by atoms with E-state index in [9.17, 15) is 0 Å². The minimum Gasteiger partial charge on any atom is -0.456 e. The highest BCUT2D eigenvalue weighted by Gasteiger charge is 2.23. The monoisotopic (exact) mass is 465 g/mol. The molecule has 0 radical (unpaired) electrons. The molecule has 0 saturated carbocycles. The molecule has 0 aliphatic heterocycles. The van der Waals surface area contributed by atoms with Crippen LogP contribution in [0.15, 0.2) is 100.0 Å². The summed E-state index contributed by atoms with van der Waals surface area (Å²) in [4.78, 5) is 3.87. The highest BCUT2D eigenvalue weighted by atomic mass is 16.3. The molecule has 3 heterocycles. The molecule has 7 aromatic rings. The highest BCUT2D eigenvalue weighted by molar-refractivity contribution is 6.16. The van der Waals surface area contributed by atoms with Crippen LogP contribution in [-0.2, 0) is 7.05 Å². The van der Waals surface area contributed by atoms with Crippen LogP contribution >= 0.6 is 0 Å². The predicted octanol–water partition coefficient (Wildman–Crippen LogP) is 8.50. The molecule has 4 heteroatoms. The summed E-state index contributed by atoms with van der Waals surface area (Å²) in [6.45, 7) is 10.0. The summed E-state index contributed by atoms with van der Waals surface area (Å²) in [6.07, 6.45) is 2.04. The molecule has 0 saturated heterocycles. The first kappa shape index (κ1) is 20.5. The van der Waals surface area contributed by atoms with Crippen molar-refractivity contribution >= 4 is 49.6 Å². The average molecular weight is 466 g/mol. The van der Waals surface area contributed by atoms with Crippen molar-refractivity contribution < 1.29 is 13.4 Å². The number of para-hydroxylation sites is 1. The van der Waals surface area contributed by atoms with Crippen LogP contribution in [0.2, 0.25) is 0 Å². The van der Waals surface area contributed by atoms with Crippen LogP contribution in [0.3, 0.4) is 0 Å². The van der Waals surface area contributed by atoms with Gasteiger partial charge in [-0.1, -0.05) is 48.5 Å². The fraction of sp³-hybridized carbons (Fsp3) is 0.0625. The van der Waals surface area contributed by atoms with Gasteiger partial charge in [0.2, 0.25) is 5.69 Å². The third kappa shape index (κ3) is 2.84. The molecule has 36 heavy (non-hydrogen) atoms. The minimum absolute atomic E-state index is 0.567. The summed E-state index contributed by atoms with van der Waals surface area (Å²) in [6, 6.07) is 28.5. The fourth-order valence-electron chi connectivity index (χ4n) is 5.35. The van der Waals surface area contributed by atoms with E-state index in [4.69, 9.17) is 15.4 Å². The maximum Gasteiger partial charge on any atom is 0.216 e. The van der Waals surface area contributed by atoms with Gasteiger partial charge in [0.15, 0.2) is 11.9 Å². The number of hydrogen-bond donors (Lipinski definition) is 0. The van der Waals surface area contributed by atoms with Crippen molar-refractivity contribution in [3.05, 3.63) is 108 Å². The second-order valence-electron chi connectivity index (χ2n) is 9.19. The van der Waals surface area contributed by atoms with Gasteiger partial charge in [0.05, 0.1) is 12.1 Å². The summed E-state index contributed by atoms with van der Waals surface area (Å²) in [5, 5.41) is 4.14. The second kappa shape index (κ2) is 7.56. The van der Waals surface area contributed by atoms with E-state index in [1.165, 1.54) is 0 Å². The molecule has 170 valence electrons. The van der Waals surface area contributed by atoms with Crippen molar-refractivity contribution in [2.24, 2.45) is 7.05 Å². The molecule has 7 rings (SSSR count). The van der Waals surface area contributed by atoms with Gasteiger partial charge in [-0.15, -0.1) is 0 Å². The van der Waals surface area contributed by atoms with Gasteiger partial charge in [0, 0.05) is 39.2 Å². The quantitative estimate of drug-likeness (QED) is 0.189. The number of pyridine rings is 1. The van der Waals surface area contributed by atoms with Gasteiger partial charge in [-0.05, 0) is 42.3 Å². The Kier molecular flexibility index (Phi) is 4.30. The number of furan rings is 2. The van der Waals surface area contributed by atoms with Crippen LogP contribution in [0.5, 0.6) is 0 Å². The first-order valence-electron chi connectivity index (χ1n) is 11.9. The van der Waals surface area contributed by atoms with Gasteiger partial charge in [0.1, 0.15) is 29.4 Å². The first-order chi connectivity index (χ1) is 17.6. The molecule has 0 atom stereocenters. The van der Waals surface area contributed by atoms with E-state index in [-0.39, 0.29) is 0 Å². The van der Waals surface area contributed by atoms with Crippen LogP contribution in [0, 0.1) is 13.5 Å². The Labute approximate surface area is 207 Å². The summed E-state index contributed by atoms with van der Waals surface area (Å²) in [5.74, 6) is 0. The molecular weight excluding hydrogens is 444 g/mol. The topological polar surface area (TPSA) is 34.5 Å². The van der Waals surface area contributed by atoms with Crippen LogP contribution in [0.1, 0.15) is 5.56 Å². The van der Waals surface area contributed by atoms with Gasteiger partial charge in [-0.2, -0.15) is 0 Å². The lowest BCUT2D eigenvalue weighted by atomic mass is 9.97. The molecule has 0 aliphatic carbocycles. The number of aryl methyl sites for hydroxylation is 2. The lowest BCUT2D eigenvalue weighted by Crippen LogP contribution is -2.30. The standard InChI is InChI=1S/C32H21N2O2/c1-19-11-13-22-23-14-15-25(33-2)30(32(23)36-31(22)29(19)26-9-6-7-17-34(26)3)20-12-16-28-24(18-20)21-8-4-5-10-27(21)35-28/h4-18H,1,3H3/q+1. The summed E-state index contributed by atoms with van der Waals surface area (Å²) < 4.78 is 14.9. The van der Waals surface area contributed by atoms with Crippen molar-refractivity contribution in [3.63, 3.8) is 0 Å². The largest absolute Gasteiger partial charge is 0.456 e. The highest BCUT2D eigenvalue weighted by Crippen LogP contribution is 2.45. The van der Waals surface area contributed by atoms with E-state index in [1.54, 1.807) is 0 Å². The van der Waals surface area contributed by atoms with Crippen molar-refractivity contribution in [1.29, 1.82) is 0 Å². The van der Waals surface area contributed by atoms with Crippen LogP contribution in [0.25, 0.3) is 71.1 Å². The number of hydrogen-bond acceptors (Lipinski definition) is 2. The molecule has 0 spiro atoms. The molecule has 0 fully saturated rings. The lowest BCUT2D eigenvalue weighted by molar-refractivity contribution is -0.660. The third-order valence-electron chi connectivity index (χ3n) is 7.09. The third-order valence-corrected chi connectivity index (χ3v) is 7.09. The van der Waals surface area contributed by atoms with Crippen molar-refractivity contribution in [3.8, 4) is 22.4 Å². The fourth-order valence-corrected chi connectivity index (χ4v) is 5.35. The van der Waals surface area contributed by atoms with E-state index < -0.39 is 0 Å². The molecule has 0 bridgehead atoms. The Balaban J connectivity index is 1.58. The second-order valence-corrected chi connectivity index (χ2v) is 9.19. The molecule has 0 amide bonds. The SMILES string of the molecule is [C-]#[N+]c1ccc2c(oc3c(-c4cccc[n+]4C)c(C)ccc32)c1-c1ccc2oc3ccccc3c2c1. The molecule has 4 nitrogen and oxygen atoms in total. The maximum atomic E-state index is 7.91. The predicted molar refractivity (Wildman–Crippen MR) is 144 cm³/mol. The van der Waals surface area contributed by atoms with Crippen LogP contribution < -0.4 is 4.57 Å². The van der Waals surface area contributed by atoms with Crippen LogP contribution in [0.4, 0.5) is 5.69 Å². The summed E-state index contributed by atoms with van der Waals surface area (Å²) >= 11 is 0. The van der Waals surface area contributed by atoms with Crippen molar-refractivity contribution in [1.82, 2.24) is 0 Å². The number of aromatic nitrogens is 1. The molecular formula is C32H21N2O2+. The summed E-state index contributed by atoms with van der Waals surface area (Å²) in [7, 11) is 2.04. The molecule has 0 unspecified atom stereocenters. The van der Waals surface area contributed by atoms with E-state index in [0.717, 1.165) is 71.8 Å². The van der Waals surface area contributed by atoms with Gasteiger partial charge in [0.25, 0.3) is 0 Å². The Morgan fingerprint density at radius 2 is 1.44 bits per heavy atom. The Morgan fingerprint density at radius 3 is 2.28 bits per heavy atom. The Bertz CT molecular complexity index is 2040. The van der Waals surface area contributed by atoms with Crippen molar-refractivity contribution in [2.75, 3.05) is 0 Å². The molecule has 4 aromatic carbocycles. The number of rotatable bonds is 2. The zero-order valence-corrected chi connectivity index (χ0v) is 19.9. The van der Waals surface area contributed by atoms with Gasteiger partial charge in [-0.25, -0.2) is 9.41 Å². The van der Waals surface area contributed by atoms with E-state index >= 15 is 0 Å². The van der Waals surface area contributed by atoms with E-state index in [1.807, 2.05) is 67.8 Å². The zero-order chi connectivity index (χ0) is 24.4. The Hall–Kier alpha value is -4.88. The number of fused-ring (bicyclic) bond motifs is 6. The normalized spacial score (nSPS) is 11.6. The van der Waals surface area contributed by atoms with Crippen molar-refractivity contribution in [2.45, 2.75) is 6.92 Å². The number of benzene rings is 4. The van der Waals surface area contributed by atoms with Gasteiger partial charge in [-0.3, -0.25) is 0 Å². The summed E-state index contributed by atoms with van der Waals surface area (Å²) in [5.41, 5.74) is 8.86. The zero-order valence-electron chi connectivity index (χ0n) is 19.9. The van der Waals surface area contributed by atoms with Crippen LogP contribution in [-0.4, -0.2) is 0 Å². The molecule has 3 aromatic heterocycles. The Morgan fingerprint density at radius 1 is 0.694 bits per heavy atom. The minimum atomic E-state index is 0.567. The number of nitrogens with zero attached hydrogens (tertiary/aromatic N) is 2. The first-order valence-corrected chi connectivity index (χ1v) is 11.9. The maximum absolute atomic E-state index is 7.91. The molecule has 0 aliphatic rings. The smallest absolute Gasteiger partial charge is 0.216 e. The van der Waals surface area contributed by atoms with E-state index in [2.05, 4.69) is 46.7 Å². The lowest BCUT2D eigenvalue weighted by Gasteiger charge is -2.06. The van der Waals surface area contributed by atoms with E-state index in [0.29, 0.717) is 5.69 Å².